The summed E-state index contributed by atoms with van der Waals surface area (Å²) in [5.74, 6) is -0.351. The van der Waals surface area contributed by atoms with E-state index in [4.69, 9.17) is 15.4 Å². The molecule has 5 nitrogen and oxygen atoms in total. The van der Waals surface area contributed by atoms with E-state index < -0.39 is 9.05 Å². The third-order valence-corrected chi connectivity index (χ3v) is 4.35. The standard InChI is InChI=1S/C14H20ClNO4S/c1-3-4-8-20-9-7-16-14(17)12-6-5-11(2)13(10-12)21(15,18)19/h5-6,10H,3-4,7-9H2,1-2H3,(H,16,17). The molecule has 1 N–H and O–H groups in total. The first kappa shape index (κ1) is 17.9. The highest BCUT2D eigenvalue weighted by molar-refractivity contribution is 8.13. The molecule has 0 aliphatic rings. The molecule has 0 aliphatic heterocycles. The summed E-state index contributed by atoms with van der Waals surface area (Å²) < 4.78 is 28.1. The van der Waals surface area contributed by atoms with E-state index >= 15 is 0 Å². The monoisotopic (exact) mass is 333 g/mol. The van der Waals surface area contributed by atoms with Gasteiger partial charge >= 0.3 is 0 Å². The number of carbonyl (C=O) groups is 1. The van der Waals surface area contributed by atoms with Crippen molar-refractivity contribution in [2.75, 3.05) is 19.8 Å². The van der Waals surface area contributed by atoms with Crippen LogP contribution in [0.25, 0.3) is 0 Å². The maximum Gasteiger partial charge on any atom is 0.261 e. The molecule has 0 unspecified atom stereocenters. The van der Waals surface area contributed by atoms with E-state index in [1.807, 2.05) is 0 Å². The van der Waals surface area contributed by atoms with E-state index in [1.165, 1.54) is 6.07 Å². The number of hydrogen-bond acceptors (Lipinski definition) is 4. The molecule has 1 aromatic carbocycles. The third kappa shape index (κ3) is 6.03. The van der Waals surface area contributed by atoms with Crippen molar-refractivity contribution < 1.29 is 17.9 Å². The van der Waals surface area contributed by atoms with Gasteiger partial charge in [0.1, 0.15) is 0 Å². The van der Waals surface area contributed by atoms with Crippen LogP contribution in [0.5, 0.6) is 0 Å². The predicted octanol–water partition coefficient (Wildman–Crippen LogP) is 2.47. The fourth-order valence-corrected chi connectivity index (χ4v) is 2.91. The van der Waals surface area contributed by atoms with Crippen LogP contribution in [-0.2, 0) is 13.8 Å². The van der Waals surface area contributed by atoms with E-state index in [2.05, 4.69) is 12.2 Å². The molecule has 118 valence electrons. The zero-order valence-corrected chi connectivity index (χ0v) is 13.8. The second-order valence-corrected chi connectivity index (χ2v) is 7.17. The SMILES string of the molecule is CCCCOCCNC(=O)c1ccc(C)c(S(=O)(=O)Cl)c1. The Morgan fingerprint density at radius 2 is 2.05 bits per heavy atom. The second kappa shape index (κ2) is 8.36. The van der Waals surface area contributed by atoms with Crippen molar-refractivity contribution in [3.8, 4) is 0 Å². The molecular weight excluding hydrogens is 314 g/mol. The van der Waals surface area contributed by atoms with Crippen molar-refractivity contribution in [2.45, 2.75) is 31.6 Å². The fourth-order valence-electron chi connectivity index (χ4n) is 1.69. The van der Waals surface area contributed by atoms with E-state index in [0.717, 1.165) is 12.8 Å². The molecule has 0 fully saturated rings. The van der Waals surface area contributed by atoms with Crippen LogP contribution in [0.2, 0.25) is 0 Å². The number of ether oxygens (including phenoxy) is 1. The summed E-state index contributed by atoms with van der Waals surface area (Å²) in [6.45, 7) is 5.17. The number of hydrogen-bond donors (Lipinski definition) is 1. The Labute approximate surface area is 130 Å². The molecule has 0 atom stereocenters. The van der Waals surface area contributed by atoms with Crippen molar-refractivity contribution in [3.63, 3.8) is 0 Å². The summed E-state index contributed by atoms with van der Waals surface area (Å²) >= 11 is 0. The first-order chi connectivity index (χ1) is 9.86. The molecule has 0 aromatic heterocycles. The number of rotatable bonds is 8. The number of unbranched alkanes of at least 4 members (excludes halogenated alkanes) is 1. The maximum atomic E-state index is 11.9. The highest BCUT2D eigenvalue weighted by Gasteiger charge is 2.16. The molecule has 0 bridgehead atoms. The van der Waals surface area contributed by atoms with Gasteiger partial charge in [-0.15, -0.1) is 0 Å². The average Bonchev–Trinajstić information content (AvgIpc) is 2.41. The van der Waals surface area contributed by atoms with Crippen molar-refractivity contribution >= 4 is 25.6 Å². The third-order valence-electron chi connectivity index (χ3n) is 2.89. The van der Waals surface area contributed by atoms with Gasteiger partial charge in [0.15, 0.2) is 0 Å². The molecule has 0 saturated heterocycles. The van der Waals surface area contributed by atoms with Gasteiger partial charge in [-0.2, -0.15) is 0 Å². The normalized spacial score (nSPS) is 11.4. The van der Waals surface area contributed by atoms with Crippen molar-refractivity contribution in [1.29, 1.82) is 0 Å². The van der Waals surface area contributed by atoms with Crippen LogP contribution in [-0.4, -0.2) is 34.1 Å². The van der Waals surface area contributed by atoms with Crippen molar-refractivity contribution in [2.24, 2.45) is 0 Å². The van der Waals surface area contributed by atoms with Gasteiger partial charge in [-0.3, -0.25) is 4.79 Å². The number of amides is 1. The Morgan fingerprint density at radius 1 is 1.33 bits per heavy atom. The van der Waals surface area contributed by atoms with Crippen LogP contribution in [0.3, 0.4) is 0 Å². The first-order valence-corrected chi connectivity index (χ1v) is 9.08. The summed E-state index contributed by atoms with van der Waals surface area (Å²) in [5, 5.41) is 2.67. The zero-order chi connectivity index (χ0) is 15.9. The molecule has 0 spiro atoms. The van der Waals surface area contributed by atoms with Gasteiger partial charge in [0.25, 0.3) is 15.0 Å². The quantitative estimate of drug-likeness (QED) is 0.586. The van der Waals surface area contributed by atoms with Gasteiger partial charge < -0.3 is 10.1 Å². The number of benzene rings is 1. The van der Waals surface area contributed by atoms with Gasteiger partial charge in [0.05, 0.1) is 11.5 Å². The minimum atomic E-state index is -3.86. The Bertz CT molecular complexity index is 587. The molecule has 0 heterocycles. The number of carbonyl (C=O) groups excluding carboxylic acids is 1. The van der Waals surface area contributed by atoms with Crippen LogP contribution in [0.4, 0.5) is 0 Å². The lowest BCUT2D eigenvalue weighted by molar-refractivity contribution is 0.0912. The summed E-state index contributed by atoms with van der Waals surface area (Å²) in [6, 6.07) is 4.40. The predicted molar refractivity (Wildman–Crippen MR) is 82.3 cm³/mol. The number of nitrogens with one attached hydrogen (secondary N) is 1. The molecule has 7 heteroatoms. The molecule has 0 aliphatic carbocycles. The Balaban J connectivity index is 2.59. The lowest BCUT2D eigenvalue weighted by Crippen LogP contribution is -2.27. The molecule has 1 amide bonds. The minimum absolute atomic E-state index is 0.0454. The maximum absolute atomic E-state index is 11.9. The van der Waals surface area contributed by atoms with Gasteiger partial charge in [-0.25, -0.2) is 8.42 Å². The van der Waals surface area contributed by atoms with E-state index in [-0.39, 0.29) is 16.4 Å². The summed E-state index contributed by atoms with van der Waals surface area (Å²) in [7, 11) is 1.48. The zero-order valence-electron chi connectivity index (χ0n) is 12.2. The summed E-state index contributed by atoms with van der Waals surface area (Å²) in [5.41, 5.74) is 0.762. The van der Waals surface area contributed by atoms with Crippen LogP contribution >= 0.6 is 10.7 Å². The summed E-state index contributed by atoms with van der Waals surface area (Å²) in [4.78, 5) is 11.9. The number of aryl methyl sites for hydroxylation is 1. The minimum Gasteiger partial charge on any atom is -0.380 e. The van der Waals surface area contributed by atoms with Gasteiger partial charge in [-0.1, -0.05) is 19.4 Å². The number of halogens is 1. The van der Waals surface area contributed by atoms with E-state index in [0.29, 0.717) is 25.3 Å². The van der Waals surface area contributed by atoms with Gasteiger partial charge in [0.2, 0.25) is 0 Å². The Morgan fingerprint density at radius 3 is 2.67 bits per heavy atom. The van der Waals surface area contributed by atoms with Gasteiger partial charge in [-0.05, 0) is 31.0 Å². The molecule has 21 heavy (non-hydrogen) atoms. The molecule has 1 aromatic rings. The smallest absolute Gasteiger partial charge is 0.261 e. The second-order valence-electron chi connectivity index (χ2n) is 4.64. The topological polar surface area (TPSA) is 72.5 Å². The molecule has 0 radical (unpaired) electrons. The Hall–Kier alpha value is -1.11. The highest BCUT2D eigenvalue weighted by Crippen LogP contribution is 2.20. The van der Waals surface area contributed by atoms with Crippen molar-refractivity contribution in [3.05, 3.63) is 29.3 Å². The highest BCUT2D eigenvalue weighted by atomic mass is 35.7. The molecule has 0 saturated carbocycles. The fraction of sp³-hybridized carbons (Fsp3) is 0.500. The van der Waals surface area contributed by atoms with Crippen molar-refractivity contribution in [1.82, 2.24) is 5.32 Å². The van der Waals surface area contributed by atoms with Crippen LogP contribution < -0.4 is 5.32 Å². The summed E-state index contributed by atoms with van der Waals surface area (Å²) in [6.07, 6.45) is 2.05. The Kier molecular flexibility index (Phi) is 7.14. The van der Waals surface area contributed by atoms with Crippen LogP contribution in [0.15, 0.2) is 23.1 Å². The lowest BCUT2D eigenvalue weighted by atomic mass is 10.1. The molecular formula is C14H20ClNO4S. The van der Waals surface area contributed by atoms with Crippen LogP contribution in [0.1, 0.15) is 35.7 Å². The molecule has 1 rings (SSSR count). The first-order valence-electron chi connectivity index (χ1n) is 6.77. The van der Waals surface area contributed by atoms with E-state index in [9.17, 15) is 13.2 Å². The average molecular weight is 334 g/mol. The lowest BCUT2D eigenvalue weighted by Gasteiger charge is -2.08. The van der Waals surface area contributed by atoms with E-state index in [1.54, 1.807) is 19.1 Å². The largest absolute Gasteiger partial charge is 0.380 e. The van der Waals surface area contributed by atoms with Crippen LogP contribution in [0, 0.1) is 6.92 Å². The van der Waals surface area contributed by atoms with Gasteiger partial charge in [0, 0.05) is 29.4 Å².